The van der Waals surface area contributed by atoms with Crippen molar-refractivity contribution in [2.75, 3.05) is 32.9 Å². The van der Waals surface area contributed by atoms with Crippen LogP contribution in [0.3, 0.4) is 0 Å². The molecule has 0 aliphatic rings. The summed E-state index contributed by atoms with van der Waals surface area (Å²) in [5, 5.41) is 18.2. The Labute approximate surface area is 88.1 Å². The fourth-order valence-corrected chi connectivity index (χ4v) is 1.53. The maximum Gasteiger partial charge on any atom is 0.489 e. The van der Waals surface area contributed by atoms with Crippen LogP contribution in [0.2, 0.25) is 0 Å². The fraction of sp³-hybridized carbons (Fsp3) is 0.714. The third kappa shape index (κ3) is 7.64. The molecule has 0 rings (SSSR count). The van der Waals surface area contributed by atoms with Crippen LogP contribution in [0.15, 0.2) is 12.7 Å². The number of phosphoric ester groups is 1. The molecule has 0 radical (unpaired) electrons. The minimum absolute atomic E-state index is 0.00254. The molecular weight excluding hydrogens is 225 g/mol. The van der Waals surface area contributed by atoms with Gasteiger partial charge >= 0.3 is 7.82 Å². The van der Waals surface area contributed by atoms with Crippen molar-refractivity contribution in [3.8, 4) is 0 Å². The minimum Gasteiger partial charge on any atom is -0.395 e. The number of hydrogen-bond acceptors (Lipinski definition) is 6. The Morgan fingerprint density at radius 3 is 2.27 bits per heavy atom. The monoisotopic (exact) mass is 241 g/mol. The first-order chi connectivity index (χ1) is 7.05. The highest BCUT2D eigenvalue weighted by molar-refractivity contribution is 7.47. The van der Waals surface area contributed by atoms with Crippen molar-refractivity contribution in [3.05, 3.63) is 12.7 Å². The van der Waals surface area contributed by atoms with Gasteiger partial charge in [-0.2, -0.15) is 9.69 Å². The van der Waals surface area contributed by atoms with Gasteiger partial charge in [0.1, 0.15) is 0 Å². The molecule has 0 aliphatic carbocycles. The lowest BCUT2D eigenvalue weighted by molar-refractivity contribution is -0.0990. The van der Waals surface area contributed by atoms with E-state index in [0.717, 1.165) is 5.06 Å². The van der Waals surface area contributed by atoms with Gasteiger partial charge in [0.25, 0.3) is 0 Å². The molecule has 0 heterocycles. The molecule has 1 atom stereocenters. The molecule has 90 valence electrons. The van der Waals surface area contributed by atoms with Crippen LogP contribution in [-0.2, 0) is 13.7 Å². The maximum atomic E-state index is 11.2. The molecule has 15 heavy (non-hydrogen) atoms. The lowest BCUT2D eigenvalue weighted by atomic mass is 10.6. The van der Waals surface area contributed by atoms with E-state index in [1.807, 2.05) is 0 Å². The van der Waals surface area contributed by atoms with Crippen molar-refractivity contribution in [2.24, 2.45) is 0 Å². The van der Waals surface area contributed by atoms with Crippen LogP contribution >= 0.6 is 7.82 Å². The van der Waals surface area contributed by atoms with Crippen LogP contribution < -0.4 is 0 Å². The van der Waals surface area contributed by atoms with Crippen molar-refractivity contribution in [1.29, 1.82) is 0 Å². The van der Waals surface area contributed by atoms with E-state index in [9.17, 15) is 4.57 Å². The highest BCUT2D eigenvalue weighted by atomic mass is 31.2. The second kappa shape index (κ2) is 7.95. The fourth-order valence-electron chi connectivity index (χ4n) is 0.733. The number of phosphoric acid groups is 1. The standard InChI is InChI=1S/C7H16NO6P/c1-2-7-13-15(11,12)14-8(3-5-9)4-6-10/h2,9-10H,1,3-7H2,(H,11,12). The predicted octanol–water partition coefficient (Wildman–Crippen LogP) is -0.492. The molecule has 0 aromatic rings. The van der Waals surface area contributed by atoms with Gasteiger partial charge in [-0.25, -0.2) is 4.57 Å². The van der Waals surface area contributed by atoms with Crippen LogP contribution in [0, 0.1) is 0 Å². The third-order valence-electron chi connectivity index (χ3n) is 1.27. The maximum absolute atomic E-state index is 11.2. The van der Waals surface area contributed by atoms with Gasteiger partial charge in [0, 0.05) is 13.1 Å². The Hall–Kier alpha value is -0.270. The van der Waals surface area contributed by atoms with Gasteiger partial charge < -0.3 is 15.1 Å². The largest absolute Gasteiger partial charge is 0.489 e. The SMILES string of the molecule is C=CCOP(=O)(O)ON(CCO)CCO. The van der Waals surface area contributed by atoms with Crippen LogP contribution in [-0.4, -0.2) is 53.1 Å². The highest BCUT2D eigenvalue weighted by Gasteiger charge is 2.24. The Kier molecular flexibility index (Phi) is 7.81. The molecule has 1 unspecified atom stereocenters. The summed E-state index contributed by atoms with van der Waals surface area (Å²) in [4.78, 5) is 9.13. The molecule has 3 N–H and O–H groups in total. The lowest BCUT2D eigenvalue weighted by Crippen LogP contribution is -2.29. The predicted molar refractivity (Wildman–Crippen MR) is 52.8 cm³/mol. The van der Waals surface area contributed by atoms with Crippen molar-refractivity contribution < 1.29 is 28.8 Å². The topological polar surface area (TPSA) is 99.5 Å². The molecular formula is C7H16NO6P. The van der Waals surface area contributed by atoms with Gasteiger partial charge in [-0.15, -0.1) is 6.58 Å². The van der Waals surface area contributed by atoms with Crippen LogP contribution in [0.5, 0.6) is 0 Å². The average molecular weight is 241 g/mol. The molecule has 0 aromatic heterocycles. The Balaban J connectivity index is 4.10. The van der Waals surface area contributed by atoms with Crippen molar-refractivity contribution >= 4 is 7.82 Å². The van der Waals surface area contributed by atoms with Crippen LogP contribution in [0.1, 0.15) is 0 Å². The van der Waals surface area contributed by atoms with Gasteiger partial charge in [0.2, 0.25) is 0 Å². The summed E-state index contributed by atoms with van der Waals surface area (Å²) >= 11 is 0. The zero-order valence-electron chi connectivity index (χ0n) is 8.28. The summed E-state index contributed by atoms with van der Waals surface area (Å²) in [5.41, 5.74) is 0. The molecule has 0 saturated carbocycles. The zero-order chi connectivity index (χ0) is 11.7. The van der Waals surface area contributed by atoms with Crippen molar-refractivity contribution in [3.63, 3.8) is 0 Å². The van der Waals surface area contributed by atoms with Gasteiger partial charge in [0.15, 0.2) is 0 Å². The van der Waals surface area contributed by atoms with E-state index in [0.29, 0.717) is 0 Å². The third-order valence-corrected chi connectivity index (χ3v) is 2.19. The summed E-state index contributed by atoms with van der Waals surface area (Å²) in [6.45, 7) is 2.66. The number of nitrogens with zero attached hydrogens (tertiary/aromatic N) is 1. The Morgan fingerprint density at radius 2 is 1.87 bits per heavy atom. The first kappa shape index (κ1) is 14.7. The van der Waals surface area contributed by atoms with Gasteiger partial charge in [-0.1, -0.05) is 6.08 Å². The second-order valence-electron chi connectivity index (χ2n) is 2.51. The number of hydroxylamine groups is 2. The van der Waals surface area contributed by atoms with Gasteiger partial charge in [0.05, 0.1) is 19.8 Å². The Morgan fingerprint density at radius 1 is 1.33 bits per heavy atom. The number of aliphatic hydroxyl groups excluding tert-OH is 2. The van der Waals surface area contributed by atoms with E-state index in [1.165, 1.54) is 6.08 Å². The molecule has 7 nitrogen and oxygen atoms in total. The Bertz CT molecular complexity index is 218. The molecule has 0 aromatic carbocycles. The molecule has 8 heteroatoms. The van der Waals surface area contributed by atoms with E-state index < -0.39 is 7.82 Å². The average Bonchev–Trinajstić information content (AvgIpc) is 2.15. The van der Waals surface area contributed by atoms with Gasteiger partial charge in [-0.05, 0) is 0 Å². The summed E-state index contributed by atoms with van der Waals surface area (Å²) in [6, 6.07) is 0. The molecule has 0 aliphatic heterocycles. The normalized spacial score (nSPS) is 15.2. The summed E-state index contributed by atoms with van der Waals surface area (Å²) in [7, 11) is -4.19. The van der Waals surface area contributed by atoms with Crippen LogP contribution in [0.25, 0.3) is 0 Å². The van der Waals surface area contributed by atoms with Gasteiger partial charge in [-0.3, -0.25) is 4.52 Å². The van der Waals surface area contributed by atoms with E-state index in [4.69, 9.17) is 15.1 Å². The quantitative estimate of drug-likeness (QED) is 0.284. The second-order valence-corrected chi connectivity index (χ2v) is 3.87. The van der Waals surface area contributed by atoms with E-state index >= 15 is 0 Å². The van der Waals surface area contributed by atoms with Crippen molar-refractivity contribution in [1.82, 2.24) is 5.06 Å². The summed E-state index contributed by atoms with van der Waals surface area (Å²) < 4.78 is 20.2. The van der Waals surface area contributed by atoms with E-state index in [2.05, 4.69) is 15.7 Å². The molecule has 0 saturated heterocycles. The molecule has 0 fully saturated rings. The minimum atomic E-state index is -4.19. The first-order valence-corrected chi connectivity index (χ1v) is 5.80. The van der Waals surface area contributed by atoms with E-state index in [1.54, 1.807) is 0 Å². The van der Waals surface area contributed by atoms with E-state index in [-0.39, 0.29) is 32.9 Å². The number of hydrogen-bond donors (Lipinski definition) is 3. The zero-order valence-corrected chi connectivity index (χ0v) is 9.18. The van der Waals surface area contributed by atoms with Crippen molar-refractivity contribution in [2.45, 2.75) is 0 Å². The first-order valence-electron chi connectivity index (χ1n) is 4.30. The smallest absolute Gasteiger partial charge is 0.395 e. The summed E-state index contributed by atoms with van der Waals surface area (Å²) in [6.07, 6.45) is 1.30. The molecule has 0 spiro atoms. The number of rotatable bonds is 9. The molecule has 0 bridgehead atoms. The summed E-state index contributed by atoms with van der Waals surface area (Å²) in [5.74, 6) is 0. The molecule has 0 amide bonds. The highest BCUT2D eigenvalue weighted by Crippen LogP contribution is 2.43. The lowest BCUT2D eigenvalue weighted by Gasteiger charge is -2.21. The van der Waals surface area contributed by atoms with Crippen LogP contribution in [0.4, 0.5) is 0 Å². The number of aliphatic hydroxyl groups is 2.